The number of thioether (sulfide) groups is 1. The van der Waals surface area contributed by atoms with Crippen LogP contribution >= 0.6 is 24.0 Å². The number of thiocarbonyl (C=S) groups is 1. The number of hydrogen-bond acceptors (Lipinski definition) is 5. The van der Waals surface area contributed by atoms with E-state index in [1.165, 1.54) is 22.6 Å². The number of anilines is 1. The lowest BCUT2D eigenvalue weighted by molar-refractivity contribution is -0.125. The van der Waals surface area contributed by atoms with Gasteiger partial charge in [0.25, 0.3) is 5.91 Å². The van der Waals surface area contributed by atoms with Gasteiger partial charge in [-0.25, -0.2) is 0 Å². The number of rotatable bonds is 6. The zero-order valence-electron chi connectivity index (χ0n) is 16.6. The number of carbonyl (C=O) groups is 2. The highest BCUT2D eigenvalue weighted by molar-refractivity contribution is 8.25. The molecule has 0 saturated carbocycles. The molecule has 2 N–H and O–H groups in total. The summed E-state index contributed by atoms with van der Waals surface area (Å²) in [6, 6.07) is 14.4. The first-order valence-electron chi connectivity index (χ1n) is 9.49. The van der Waals surface area contributed by atoms with Crippen LogP contribution in [-0.4, -0.2) is 26.6 Å². The minimum absolute atomic E-state index is 0.0464. The lowest BCUT2D eigenvalue weighted by atomic mass is 9.96. The van der Waals surface area contributed by atoms with Crippen molar-refractivity contribution in [2.45, 2.75) is 38.5 Å². The van der Waals surface area contributed by atoms with Crippen molar-refractivity contribution < 1.29 is 14.7 Å². The molecule has 1 fully saturated rings. The smallest absolute Gasteiger partial charge is 0.266 e. The molecule has 2 atom stereocenters. The number of nitrogens with zero attached hydrogens (tertiary/aromatic N) is 1. The molecular weight excluding hydrogens is 404 g/mol. The summed E-state index contributed by atoms with van der Waals surface area (Å²) in [4.78, 5) is 26.9. The van der Waals surface area contributed by atoms with Crippen LogP contribution in [0.25, 0.3) is 0 Å². The molecule has 0 spiro atoms. The maximum atomic E-state index is 12.8. The third-order valence-electron chi connectivity index (χ3n) is 4.72. The van der Waals surface area contributed by atoms with Crippen molar-refractivity contribution in [1.29, 1.82) is 0 Å². The maximum Gasteiger partial charge on any atom is 0.266 e. The average Bonchev–Trinajstić information content (AvgIpc) is 2.94. The van der Waals surface area contributed by atoms with Crippen molar-refractivity contribution in [3.63, 3.8) is 0 Å². The number of phenolic OH excluding ortho intramolecular Hbond substituents is 1. The quantitative estimate of drug-likeness (QED) is 0.675. The number of hydrogen-bond donors (Lipinski definition) is 2. The van der Waals surface area contributed by atoms with Gasteiger partial charge in [0, 0.05) is 6.07 Å². The van der Waals surface area contributed by atoms with Gasteiger partial charge in [0.2, 0.25) is 5.91 Å². The van der Waals surface area contributed by atoms with Gasteiger partial charge >= 0.3 is 0 Å². The first-order chi connectivity index (χ1) is 13.8. The van der Waals surface area contributed by atoms with E-state index in [0.717, 1.165) is 23.7 Å². The van der Waals surface area contributed by atoms with Crippen molar-refractivity contribution in [2.75, 3.05) is 4.90 Å². The van der Waals surface area contributed by atoms with Crippen molar-refractivity contribution >= 4 is 45.8 Å². The second-order valence-electron chi connectivity index (χ2n) is 7.53. The molecule has 0 aromatic heterocycles. The second kappa shape index (κ2) is 8.97. The number of benzene rings is 2. The van der Waals surface area contributed by atoms with E-state index in [0.29, 0.717) is 15.9 Å². The Kier molecular flexibility index (Phi) is 6.59. The monoisotopic (exact) mass is 428 g/mol. The molecule has 0 bridgehead atoms. The van der Waals surface area contributed by atoms with Gasteiger partial charge in [-0.15, -0.1) is 0 Å². The Bertz CT molecular complexity index is 928. The Hall–Kier alpha value is -2.38. The molecule has 5 nitrogen and oxygen atoms in total. The third kappa shape index (κ3) is 4.97. The average molecular weight is 429 g/mol. The summed E-state index contributed by atoms with van der Waals surface area (Å²) in [5.74, 6) is -0.318. The van der Waals surface area contributed by atoms with Crippen LogP contribution in [0.1, 0.15) is 37.8 Å². The summed E-state index contributed by atoms with van der Waals surface area (Å²) < 4.78 is 0.344. The lowest BCUT2D eigenvalue weighted by Crippen LogP contribution is -2.42. The van der Waals surface area contributed by atoms with Gasteiger partial charge in [-0.05, 0) is 42.5 Å². The number of amides is 2. The Labute approximate surface area is 180 Å². The minimum Gasteiger partial charge on any atom is -0.508 e. The van der Waals surface area contributed by atoms with Crippen molar-refractivity contribution in [1.82, 2.24) is 5.32 Å². The Morgan fingerprint density at radius 1 is 1.21 bits per heavy atom. The van der Waals surface area contributed by atoms with Crippen LogP contribution in [0, 0.1) is 5.92 Å². The second-order valence-corrected chi connectivity index (χ2v) is 9.27. The predicted molar refractivity (Wildman–Crippen MR) is 121 cm³/mol. The fraction of sp³-hybridized carbons (Fsp3) is 0.318. The zero-order chi connectivity index (χ0) is 21.1. The number of nitrogens with one attached hydrogen (secondary N) is 1. The highest BCUT2D eigenvalue weighted by Crippen LogP contribution is 2.32. The first kappa shape index (κ1) is 21.3. The molecule has 7 heteroatoms. The topological polar surface area (TPSA) is 69.6 Å². The molecule has 2 aromatic carbocycles. The van der Waals surface area contributed by atoms with E-state index in [1.807, 2.05) is 31.2 Å². The third-order valence-corrected chi connectivity index (χ3v) is 6.13. The van der Waals surface area contributed by atoms with Gasteiger partial charge in [-0.1, -0.05) is 68.2 Å². The molecule has 3 rings (SSSR count). The predicted octanol–water partition coefficient (Wildman–Crippen LogP) is 4.20. The summed E-state index contributed by atoms with van der Waals surface area (Å²) in [6.07, 6.45) is 0.996. The molecule has 1 saturated heterocycles. The molecule has 152 valence electrons. The summed E-state index contributed by atoms with van der Waals surface area (Å²) in [5.41, 5.74) is 2.63. The fourth-order valence-corrected chi connectivity index (χ4v) is 4.55. The van der Waals surface area contributed by atoms with E-state index in [4.69, 9.17) is 12.2 Å². The van der Waals surface area contributed by atoms with Gasteiger partial charge in [-0.2, -0.15) is 0 Å². The van der Waals surface area contributed by atoms with E-state index in [1.54, 1.807) is 12.1 Å². The fourth-order valence-electron chi connectivity index (χ4n) is 3.19. The van der Waals surface area contributed by atoms with Gasteiger partial charge in [0.05, 0.1) is 11.6 Å². The molecule has 1 aliphatic heterocycles. The SMILES string of the molecule is CC(C)Cc1ccc(C(C)C(=O)NC2SC(=S)N(c3cccc(O)c3)C2=O)cc1. The highest BCUT2D eigenvalue weighted by Gasteiger charge is 2.39. The van der Waals surface area contributed by atoms with Gasteiger partial charge in [0.1, 0.15) is 10.1 Å². The standard InChI is InChI=1S/C22H24N2O3S2/c1-13(2)11-15-7-9-16(10-8-15)14(3)19(26)23-20-21(27)24(22(28)29-20)17-5-4-6-18(25)12-17/h4-10,12-14,20,25H,11H2,1-3H3,(H,23,26). The molecular formula is C22H24N2O3S2. The molecule has 1 aliphatic rings. The summed E-state index contributed by atoms with van der Waals surface area (Å²) in [6.45, 7) is 6.16. The van der Waals surface area contributed by atoms with Gasteiger partial charge in [-0.3, -0.25) is 14.5 Å². The molecule has 0 radical (unpaired) electrons. The summed E-state index contributed by atoms with van der Waals surface area (Å²) >= 11 is 6.44. The Balaban J connectivity index is 1.67. The van der Waals surface area contributed by atoms with E-state index >= 15 is 0 Å². The van der Waals surface area contributed by atoms with Crippen LogP contribution in [-0.2, 0) is 16.0 Å². The van der Waals surface area contributed by atoms with Crippen LogP contribution in [0.15, 0.2) is 48.5 Å². The maximum absolute atomic E-state index is 12.8. The van der Waals surface area contributed by atoms with Crippen LogP contribution in [0.3, 0.4) is 0 Å². The summed E-state index contributed by atoms with van der Waals surface area (Å²) in [5, 5.41) is 11.7. The number of aromatic hydroxyl groups is 1. The van der Waals surface area contributed by atoms with Crippen LogP contribution in [0.2, 0.25) is 0 Å². The molecule has 2 unspecified atom stereocenters. The van der Waals surface area contributed by atoms with Crippen molar-refractivity contribution in [3.05, 3.63) is 59.7 Å². The molecule has 0 aliphatic carbocycles. The van der Waals surface area contributed by atoms with E-state index in [-0.39, 0.29) is 23.5 Å². The van der Waals surface area contributed by atoms with E-state index < -0.39 is 5.37 Å². The Morgan fingerprint density at radius 3 is 2.52 bits per heavy atom. The zero-order valence-corrected chi connectivity index (χ0v) is 18.2. The van der Waals surface area contributed by atoms with Crippen molar-refractivity contribution in [2.24, 2.45) is 5.92 Å². The van der Waals surface area contributed by atoms with E-state index in [9.17, 15) is 14.7 Å². The van der Waals surface area contributed by atoms with Crippen LogP contribution < -0.4 is 10.2 Å². The van der Waals surface area contributed by atoms with Gasteiger partial charge in [0.15, 0.2) is 5.37 Å². The largest absolute Gasteiger partial charge is 0.508 e. The molecule has 2 aromatic rings. The first-order valence-corrected chi connectivity index (χ1v) is 10.8. The Morgan fingerprint density at radius 2 is 1.90 bits per heavy atom. The van der Waals surface area contributed by atoms with Crippen molar-refractivity contribution in [3.8, 4) is 5.75 Å². The molecule has 29 heavy (non-hydrogen) atoms. The summed E-state index contributed by atoms with van der Waals surface area (Å²) in [7, 11) is 0. The van der Waals surface area contributed by atoms with Gasteiger partial charge < -0.3 is 10.4 Å². The van der Waals surface area contributed by atoms with E-state index in [2.05, 4.69) is 19.2 Å². The lowest BCUT2D eigenvalue weighted by Gasteiger charge is -2.18. The van der Waals surface area contributed by atoms with Crippen LogP contribution in [0.5, 0.6) is 5.75 Å². The molecule has 2 amide bonds. The normalized spacial score (nSPS) is 17.7. The van der Waals surface area contributed by atoms with Crippen LogP contribution in [0.4, 0.5) is 5.69 Å². The number of carbonyl (C=O) groups excluding carboxylic acids is 2. The minimum atomic E-state index is -0.778. The number of phenols is 1. The molecule has 1 heterocycles. The highest BCUT2D eigenvalue weighted by atomic mass is 32.2.